The molecule has 2 N–H and O–H groups in total. The Hall–Kier alpha value is -1.27. The van der Waals surface area contributed by atoms with Crippen LogP contribution in [0.5, 0.6) is 0 Å². The lowest BCUT2D eigenvalue weighted by Crippen LogP contribution is -2.30. The van der Waals surface area contributed by atoms with Crippen LogP contribution in [0.4, 0.5) is 0 Å². The predicted octanol–water partition coefficient (Wildman–Crippen LogP) is 0.402. The van der Waals surface area contributed by atoms with Crippen molar-refractivity contribution in [2.45, 2.75) is 18.9 Å². The third kappa shape index (κ3) is 1.14. The number of aliphatic carboxylic acids is 1. The highest BCUT2D eigenvalue weighted by Gasteiger charge is 2.59. The van der Waals surface area contributed by atoms with Crippen LogP contribution in [0, 0.1) is 23.2 Å². The SMILES string of the molecule is O=C(O)C(O)C12C=CC#CCC1C2. The Morgan fingerprint density at radius 3 is 3.15 bits per heavy atom. The number of allylic oxidation sites excluding steroid dienone is 1. The van der Waals surface area contributed by atoms with Crippen molar-refractivity contribution in [3.05, 3.63) is 12.2 Å². The van der Waals surface area contributed by atoms with Crippen LogP contribution in [0.15, 0.2) is 12.2 Å². The molecule has 0 aromatic heterocycles. The summed E-state index contributed by atoms with van der Waals surface area (Å²) in [6.07, 6.45) is 3.55. The zero-order valence-electron chi connectivity index (χ0n) is 7.03. The minimum Gasteiger partial charge on any atom is -0.479 e. The van der Waals surface area contributed by atoms with Crippen LogP contribution in [0.25, 0.3) is 0 Å². The molecule has 0 radical (unpaired) electrons. The molecule has 0 bridgehead atoms. The second-order valence-corrected chi connectivity index (χ2v) is 3.61. The maximum atomic E-state index is 10.6. The highest BCUT2D eigenvalue weighted by molar-refractivity contribution is 5.74. The summed E-state index contributed by atoms with van der Waals surface area (Å²) < 4.78 is 0. The molecule has 1 saturated carbocycles. The van der Waals surface area contributed by atoms with Gasteiger partial charge >= 0.3 is 5.97 Å². The average Bonchev–Trinajstić information content (AvgIpc) is 2.76. The van der Waals surface area contributed by atoms with Gasteiger partial charge in [0.25, 0.3) is 0 Å². The fourth-order valence-corrected chi connectivity index (χ4v) is 1.93. The average molecular weight is 178 g/mol. The number of carboxylic acids is 1. The maximum absolute atomic E-state index is 10.6. The van der Waals surface area contributed by atoms with Gasteiger partial charge in [-0.1, -0.05) is 17.9 Å². The summed E-state index contributed by atoms with van der Waals surface area (Å²) in [5.41, 5.74) is -0.539. The van der Waals surface area contributed by atoms with Gasteiger partial charge in [-0.2, -0.15) is 0 Å². The molecule has 0 spiro atoms. The minimum atomic E-state index is -1.28. The van der Waals surface area contributed by atoms with E-state index in [9.17, 15) is 9.90 Å². The van der Waals surface area contributed by atoms with E-state index in [0.717, 1.165) is 6.42 Å². The smallest absolute Gasteiger partial charge is 0.333 e. The monoisotopic (exact) mass is 178 g/mol. The Kier molecular flexibility index (Phi) is 1.67. The van der Waals surface area contributed by atoms with Crippen LogP contribution in [-0.4, -0.2) is 22.3 Å². The maximum Gasteiger partial charge on any atom is 0.333 e. The number of carboxylic acid groups (broad SMARTS) is 1. The van der Waals surface area contributed by atoms with E-state index in [0.29, 0.717) is 6.42 Å². The standard InChI is InChI=1S/C10H10O3/c11-8(9(12)13)10-5-3-1-2-4-7(10)6-10/h3,5,7-8,11H,4,6H2,(H,12,13). The molecule has 0 heterocycles. The Labute approximate surface area is 76.1 Å². The molecule has 0 aliphatic heterocycles. The molecule has 0 saturated heterocycles. The fourth-order valence-electron chi connectivity index (χ4n) is 1.93. The molecule has 3 unspecified atom stereocenters. The van der Waals surface area contributed by atoms with Crippen LogP contribution in [-0.2, 0) is 4.79 Å². The van der Waals surface area contributed by atoms with Crippen LogP contribution < -0.4 is 0 Å². The van der Waals surface area contributed by atoms with Crippen molar-refractivity contribution in [3.63, 3.8) is 0 Å². The van der Waals surface area contributed by atoms with Crippen molar-refractivity contribution in [1.82, 2.24) is 0 Å². The molecule has 2 aliphatic rings. The molecule has 13 heavy (non-hydrogen) atoms. The second kappa shape index (κ2) is 2.61. The zero-order valence-corrected chi connectivity index (χ0v) is 7.03. The molecule has 2 rings (SSSR count). The van der Waals surface area contributed by atoms with E-state index in [2.05, 4.69) is 11.8 Å². The van der Waals surface area contributed by atoms with Gasteiger partial charge in [0.05, 0.1) is 0 Å². The van der Waals surface area contributed by atoms with Crippen LogP contribution in [0.3, 0.4) is 0 Å². The van der Waals surface area contributed by atoms with Crippen molar-refractivity contribution in [2.24, 2.45) is 11.3 Å². The van der Waals surface area contributed by atoms with Crippen molar-refractivity contribution in [3.8, 4) is 11.8 Å². The topological polar surface area (TPSA) is 57.5 Å². The summed E-state index contributed by atoms with van der Waals surface area (Å²) in [6.45, 7) is 0. The van der Waals surface area contributed by atoms with E-state index in [4.69, 9.17) is 5.11 Å². The molecule has 2 aliphatic carbocycles. The summed E-state index contributed by atoms with van der Waals surface area (Å²) in [7, 11) is 0. The molecule has 0 aromatic carbocycles. The highest BCUT2D eigenvalue weighted by atomic mass is 16.4. The first kappa shape index (κ1) is 8.33. The summed E-state index contributed by atoms with van der Waals surface area (Å²) in [6, 6.07) is 0. The Morgan fingerprint density at radius 2 is 2.46 bits per heavy atom. The lowest BCUT2D eigenvalue weighted by molar-refractivity contribution is -0.149. The Morgan fingerprint density at radius 1 is 1.69 bits per heavy atom. The number of hydrogen-bond acceptors (Lipinski definition) is 2. The molecule has 68 valence electrons. The van der Waals surface area contributed by atoms with Crippen molar-refractivity contribution >= 4 is 5.97 Å². The summed E-state index contributed by atoms with van der Waals surface area (Å²) in [5.74, 6) is 4.79. The molecular formula is C10H10O3. The summed E-state index contributed by atoms with van der Waals surface area (Å²) in [5, 5.41) is 18.2. The molecule has 3 atom stereocenters. The molecule has 0 amide bonds. The number of hydrogen-bond donors (Lipinski definition) is 2. The first-order valence-electron chi connectivity index (χ1n) is 4.24. The van der Waals surface area contributed by atoms with E-state index in [1.807, 2.05) is 0 Å². The van der Waals surface area contributed by atoms with Gasteiger partial charge in [0.1, 0.15) is 0 Å². The molecule has 1 fully saturated rings. The highest BCUT2D eigenvalue weighted by Crippen LogP contribution is 2.58. The summed E-state index contributed by atoms with van der Waals surface area (Å²) >= 11 is 0. The van der Waals surface area contributed by atoms with Crippen LogP contribution in [0.1, 0.15) is 12.8 Å². The fraction of sp³-hybridized carbons (Fsp3) is 0.500. The molecule has 3 nitrogen and oxygen atoms in total. The predicted molar refractivity (Wildman–Crippen MR) is 45.7 cm³/mol. The lowest BCUT2D eigenvalue weighted by Gasteiger charge is -2.15. The molecule has 0 aromatic rings. The van der Waals surface area contributed by atoms with E-state index in [1.165, 1.54) is 0 Å². The number of fused-ring (bicyclic) bond motifs is 1. The van der Waals surface area contributed by atoms with Crippen molar-refractivity contribution < 1.29 is 15.0 Å². The van der Waals surface area contributed by atoms with E-state index >= 15 is 0 Å². The van der Waals surface area contributed by atoms with Crippen LogP contribution >= 0.6 is 0 Å². The van der Waals surface area contributed by atoms with Gasteiger partial charge in [-0.15, -0.1) is 0 Å². The third-order valence-electron chi connectivity index (χ3n) is 2.87. The van der Waals surface area contributed by atoms with E-state index in [-0.39, 0.29) is 5.92 Å². The van der Waals surface area contributed by atoms with Gasteiger partial charge in [0.2, 0.25) is 0 Å². The Balaban J connectivity index is 2.22. The minimum absolute atomic E-state index is 0.227. The van der Waals surface area contributed by atoms with Gasteiger partial charge < -0.3 is 10.2 Å². The van der Waals surface area contributed by atoms with E-state index in [1.54, 1.807) is 12.2 Å². The summed E-state index contributed by atoms with van der Waals surface area (Å²) in [4.78, 5) is 10.6. The largest absolute Gasteiger partial charge is 0.479 e. The quantitative estimate of drug-likeness (QED) is 0.602. The first-order chi connectivity index (χ1) is 6.17. The van der Waals surface area contributed by atoms with Crippen LogP contribution in [0.2, 0.25) is 0 Å². The first-order valence-corrected chi connectivity index (χ1v) is 4.24. The van der Waals surface area contributed by atoms with E-state index < -0.39 is 17.5 Å². The normalized spacial score (nSPS) is 36.5. The number of aliphatic hydroxyl groups excluding tert-OH is 1. The number of carbonyl (C=O) groups is 1. The van der Waals surface area contributed by atoms with Gasteiger partial charge in [0.15, 0.2) is 6.10 Å². The van der Waals surface area contributed by atoms with Crippen molar-refractivity contribution in [1.29, 1.82) is 0 Å². The number of aliphatic hydroxyl groups is 1. The third-order valence-corrected chi connectivity index (χ3v) is 2.87. The van der Waals surface area contributed by atoms with Crippen molar-refractivity contribution in [2.75, 3.05) is 0 Å². The molecule has 3 heteroatoms. The van der Waals surface area contributed by atoms with Gasteiger partial charge in [0, 0.05) is 11.8 Å². The zero-order chi connectivity index (χ0) is 9.47. The van der Waals surface area contributed by atoms with Gasteiger partial charge in [-0.05, 0) is 18.4 Å². The number of rotatable bonds is 2. The second-order valence-electron chi connectivity index (χ2n) is 3.61. The van der Waals surface area contributed by atoms with Gasteiger partial charge in [-0.3, -0.25) is 0 Å². The lowest BCUT2D eigenvalue weighted by atomic mass is 9.95. The van der Waals surface area contributed by atoms with Gasteiger partial charge in [-0.25, -0.2) is 4.79 Å². The Bertz CT molecular complexity index is 334. The molecular weight excluding hydrogens is 168 g/mol.